The van der Waals surface area contributed by atoms with Crippen molar-refractivity contribution in [3.63, 3.8) is 0 Å². The third-order valence-corrected chi connectivity index (χ3v) is 3.34. The highest BCUT2D eigenvalue weighted by Gasteiger charge is 2.28. The first-order valence-corrected chi connectivity index (χ1v) is 5.51. The third kappa shape index (κ3) is 1.46. The van der Waals surface area contributed by atoms with Crippen molar-refractivity contribution in [1.29, 1.82) is 0 Å². The highest BCUT2D eigenvalue weighted by molar-refractivity contribution is 9.07. The molecule has 74 valence electrons. The predicted octanol–water partition coefficient (Wildman–Crippen LogP) is 2.95. The number of hydrogen-bond donors (Lipinski definition) is 0. The van der Waals surface area contributed by atoms with Crippen molar-refractivity contribution in [3.8, 4) is 0 Å². The Balaban J connectivity index is 2.49. The molecule has 3 heteroatoms. The van der Waals surface area contributed by atoms with Crippen LogP contribution in [0.15, 0.2) is 24.3 Å². The number of benzene rings is 1. The summed E-state index contributed by atoms with van der Waals surface area (Å²) in [6.07, 6.45) is 1.06. The molecule has 0 aromatic heterocycles. The molecule has 0 N–H and O–H groups in total. The lowest BCUT2D eigenvalue weighted by molar-refractivity contribution is 0.0857. The molecule has 1 unspecified atom stereocenters. The molecule has 1 aromatic rings. The van der Waals surface area contributed by atoms with Gasteiger partial charge in [-0.05, 0) is 18.1 Å². The maximum Gasteiger partial charge on any atom is 0.264 e. The number of hydrogen-bond acceptors (Lipinski definition) is 1. The first-order valence-electron chi connectivity index (χ1n) is 4.80. The topological polar surface area (TPSA) is 20.3 Å². The van der Waals surface area contributed by atoms with Gasteiger partial charge in [0.2, 0.25) is 0 Å². The summed E-state index contributed by atoms with van der Waals surface area (Å²) in [5.74, 6) is 0.536. The van der Waals surface area contributed by atoms with Crippen LogP contribution in [0.1, 0.15) is 35.2 Å². The standard InChI is InChI=1S/C11H12BrNO/c1-2-8-7-13(12)11(14)10-6-4-3-5-9(8)10/h3-6,8H,2,7H2,1H3. The van der Waals surface area contributed by atoms with Crippen LogP contribution in [0.2, 0.25) is 0 Å². The number of amides is 1. The number of nitrogens with zero attached hydrogens (tertiary/aromatic N) is 1. The highest BCUT2D eigenvalue weighted by Crippen LogP contribution is 2.31. The van der Waals surface area contributed by atoms with Gasteiger partial charge in [-0.3, -0.25) is 8.72 Å². The Bertz CT molecular complexity index is 364. The van der Waals surface area contributed by atoms with E-state index in [1.807, 2.05) is 18.2 Å². The van der Waals surface area contributed by atoms with E-state index in [1.54, 1.807) is 3.93 Å². The van der Waals surface area contributed by atoms with Crippen LogP contribution in [0.5, 0.6) is 0 Å². The summed E-state index contributed by atoms with van der Waals surface area (Å²) in [5, 5.41) is 0. The zero-order valence-corrected chi connectivity index (χ0v) is 9.62. The molecule has 0 radical (unpaired) electrons. The van der Waals surface area contributed by atoms with Crippen molar-refractivity contribution in [3.05, 3.63) is 35.4 Å². The molecule has 1 amide bonds. The van der Waals surface area contributed by atoms with Gasteiger partial charge in [-0.25, -0.2) is 0 Å². The minimum atomic E-state index is 0.0744. The Morgan fingerprint density at radius 3 is 2.93 bits per heavy atom. The molecule has 0 bridgehead atoms. The molecule has 1 atom stereocenters. The summed E-state index contributed by atoms with van der Waals surface area (Å²) >= 11 is 3.29. The molecule has 2 rings (SSSR count). The van der Waals surface area contributed by atoms with Crippen molar-refractivity contribution in [2.45, 2.75) is 19.3 Å². The molecule has 14 heavy (non-hydrogen) atoms. The fraction of sp³-hybridized carbons (Fsp3) is 0.364. The molecule has 1 heterocycles. The van der Waals surface area contributed by atoms with Gasteiger partial charge in [0, 0.05) is 18.0 Å². The summed E-state index contributed by atoms with van der Waals surface area (Å²) in [6, 6.07) is 7.86. The van der Waals surface area contributed by atoms with E-state index < -0.39 is 0 Å². The van der Waals surface area contributed by atoms with Gasteiger partial charge >= 0.3 is 0 Å². The molecular weight excluding hydrogens is 242 g/mol. The van der Waals surface area contributed by atoms with E-state index >= 15 is 0 Å². The minimum Gasteiger partial charge on any atom is -0.274 e. The minimum absolute atomic E-state index is 0.0744. The summed E-state index contributed by atoms with van der Waals surface area (Å²) in [5.41, 5.74) is 2.03. The number of carbonyl (C=O) groups is 1. The van der Waals surface area contributed by atoms with Crippen LogP contribution in [0.4, 0.5) is 0 Å². The van der Waals surface area contributed by atoms with Gasteiger partial charge in [0.25, 0.3) is 5.91 Å². The van der Waals surface area contributed by atoms with E-state index in [1.165, 1.54) is 5.56 Å². The second-order valence-corrected chi connectivity index (χ2v) is 4.40. The smallest absolute Gasteiger partial charge is 0.264 e. The Labute approximate surface area is 92.2 Å². The fourth-order valence-corrected chi connectivity index (χ4v) is 2.44. The monoisotopic (exact) mass is 253 g/mol. The molecule has 0 spiro atoms. The maximum absolute atomic E-state index is 11.8. The van der Waals surface area contributed by atoms with E-state index in [-0.39, 0.29) is 5.91 Å². The van der Waals surface area contributed by atoms with Crippen molar-refractivity contribution in [1.82, 2.24) is 3.93 Å². The van der Waals surface area contributed by atoms with E-state index in [2.05, 4.69) is 29.1 Å². The molecule has 1 aliphatic rings. The van der Waals surface area contributed by atoms with Crippen LogP contribution in [-0.4, -0.2) is 16.4 Å². The van der Waals surface area contributed by atoms with Gasteiger partial charge in [-0.2, -0.15) is 0 Å². The van der Waals surface area contributed by atoms with Gasteiger partial charge in [0.15, 0.2) is 0 Å². The van der Waals surface area contributed by atoms with Crippen LogP contribution >= 0.6 is 16.1 Å². The van der Waals surface area contributed by atoms with E-state index in [0.29, 0.717) is 5.92 Å². The number of carbonyl (C=O) groups excluding carboxylic acids is 1. The summed E-state index contributed by atoms with van der Waals surface area (Å²) in [4.78, 5) is 11.8. The Kier molecular flexibility index (Phi) is 2.59. The molecule has 0 saturated carbocycles. The zero-order chi connectivity index (χ0) is 10.1. The summed E-state index contributed by atoms with van der Waals surface area (Å²) in [6.45, 7) is 2.92. The SMILES string of the molecule is CCC1CN(Br)C(=O)c2ccccc21. The van der Waals surface area contributed by atoms with Crippen LogP contribution in [0.25, 0.3) is 0 Å². The normalized spacial score (nSPS) is 20.9. The highest BCUT2D eigenvalue weighted by atomic mass is 79.9. The van der Waals surface area contributed by atoms with Crippen LogP contribution < -0.4 is 0 Å². The second kappa shape index (κ2) is 3.73. The molecule has 0 saturated heterocycles. The van der Waals surface area contributed by atoms with Gasteiger partial charge in [0.1, 0.15) is 0 Å². The van der Waals surface area contributed by atoms with Crippen molar-refractivity contribution < 1.29 is 4.79 Å². The number of fused-ring (bicyclic) bond motifs is 1. The van der Waals surface area contributed by atoms with Crippen LogP contribution in [0, 0.1) is 0 Å². The predicted molar refractivity (Wildman–Crippen MR) is 59.4 cm³/mol. The maximum atomic E-state index is 11.8. The lowest BCUT2D eigenvalue weighted by Gasteiger charge is -2.29. The van der Waals surface area contributed by atoms with Crippen LogP contribution in [0.3, 0.4) is 0 Å². The Morgan fingerprint density at radius 2 is 2.21 bits per heavy atom. The number of halogens is 1. The van der Waals surface area contributed by atoms with E-state index in [4.69, 9.17) is 0 Å². The fourth-order valence-electron chi connectivity index (χ4n) is 1.90. The van der Waals surface area contributed by atoms with E-state index in [0.717, 1.165) is 18.5 Å². The average Bonchev–Trinajstić information content (AvgIpc) is 2.23. The third-order valence-electron chi connectivity index (χ3n) is 2.72. The first-order chi connectivity index (χ1) is 6.74. The molecule has 2 nitrogen and oxygen atoms in total. The molecule has 1 aromatic carbocycles. The summed E-state index contributed by atoms with van der Waals surface area (Å²) < 4.78 is 1.63. The average molecular weight is 254 g/mol. The quantitative estimate of drug-likeness (QED) is 0.705. The number of rotatable bonds is 1. The molecule has 0 aliphatic carbocycles. The zero-order valence-electron chi connectivity index (χ0n) is 8.03. The van der Waals surface area contributed by atoms with E-state index in [9.17, 15) is 4.79 Å². The largest absolute Gasteiger partial charge is 0.274 e. The Morgan fingerprint density at radius 1 is 1.50 bits per heavy atom. The molecule has 1 aliphatic heterocycles. The lowest BCUT2D eigenvalue weighted by Crippen LogP contribution is -2.32. The van der Waals surface area contributed by atoms with Crippen molar-refractivity contribution in [2.75, 3.05) is 6.54 Å². The van der Waals surface area contributed by atoms with Gasteiger partial charge < -0.3 is 0 Å². The second-order valence-electron chi connectivity index (χ2n) is 3.54. The summed E-state index contributed by atoms with van der Waals surface area (Å²) in [7, 11) is 0. The lowest BCUT2D eigenvalue weighted by atomic mass is 9.89. The first kappa shape index (κ1) is 9.71. The van der Waals surface area contributed by atoms with Crippen molar-refractivity contribution >= 4 is 22.1 Å². The van der Waals surface area contributed by atoms with Crippen molar-refractivity contribution in [2.24, 2.45) is 0 Å². The van der Waals surface area contributed by atoms with Gasteiger partial charge in [-0.15, -0.1) is 0 Å². The van der Waals surface area contributed by atoms with Crippen LogP contribution in [-0.2, 0) is 0 Å². The molecule has 0 fully saturated rings. The molecular formula is C11H12BrNO. The van der Waals surface area contributed by atoms with Gasteiger partial charge in [-0.1, -0.05) is 25.1 Å². The Hall–Kier alpha value is -0.830. The van der Waals surface area contributed by atoms with Gasteiger partial charge in [0.05, 0.1) is 16.1 Å².